The molecule has 142 valence electrons. The van der Waals surface area contributed by atoms with E-state index in [0.717, 1.165) is 0 Å². The fourth-order valence-electron chi connectivity index (χ4n) is 2.01. The van der Waals surface area contributed by atoms with Crippen molar-refractivity contribution in [1.82, 2.24) is 10.6 Å². The van der Waals surface area contributed by atoms with Crippen LogP contribution in [0.2, 0.25) is 0 Å². The van der Waals surface area contributed by atoms with Gasteiger partial charge in [0, 0.05) is 18.8 Å². The molecule has 1 aromatic rings. The average Bonchev–Trinajstić information content (AvgIpc) is 2.50. The zero-order valence-corrected chi connectivity index (χ0v) is 16.3. The molecule has 1 atom stereocenters. The standard InChI is InChI=1S/C15H26N4O4S2/c1-4-17-15(19-12(2)8-9-24(3,20)21)18-11-13-6-5-7-14(10-13)25(16,22)23/h5-7,10,12H,4,8-9,11H2,1-3H3,(H2,16,22,23)(H2,17,18,19). The molecule has 25 heavy (non-hydrogen) atoms. The Morgan fingerprint density at radius 3 is 2.52 bits per heavy atom. The third-order valence-corrected chi connectivity index (χ3v) is 5.18. The van der Waals surface area contributed by atoms with Gasteiger partial charge in [0.25, 0.3) is 0 Å². The lowest BCUT2D eigenvalue weighted by molar-refractivity contribution is 0.581. The Kier molecular flexibility index (Phi) is 7.84. The van der Waals surface area contributed by atoms with Gasteiger partial charge in [0.05, 0.1) is 17.2 Å². The number of rotatable bonds is 8. The number of nitrogens with two attached hydrogens (primary N) is 1. The van der Waals surface area contributed by atoms with Gasteiger partial charge in [-0.1, -0.05) is 12.1 Å². The summed E-state index contributed by atoms with van der Waals surface area (Å²) in [6, 6.07) is 6.20. The minimum absolute atomic E-state index is 0.0414. The first-order valence-electron chi connectivity index (χ1n) is 7.85. The van der Waals surface area contributed by atoms with Crippen LogP contribution in [0.4, 0.5) is 0 Å². The molecule has 0 aliphatic carbocycles. The molecular weight excluding hydrogens is 364 g/mol. The molecule has 1 rings (SSSR count). The van der Waals surface area contributed by atoms with Gasteiger partial charge in [0.1, 0.15) is 9.84 Å². The van der Waals surface area contributed by atoms with E-state index in [9.17, 15) is 16.8 Å². The van der Waals surface area contributed by atoms with Gasteiger partial charge in [0.15, 0.2) is 5.96 Å². The summed E-state index contributed by atoms with van der Waals surface area (Å²) in [5.41, 5.74) is 0.701. The van der Waals surface area contributed by atoms with E-state index in [-0.39, 0.29) is 23.2 Å². The third kappa shape index (κ3) is 8.84. The first kappa shape index (κ1) is 21.4. The van der Waals surface area contributed by atoms with Crippen LogP contribution in [0.1, 0.15) is 25.8 Å². The third-order valence-electron chi connectivity index (χ3n) is 3.30. The first-order valence-corrected chi connectivity index (χ1v) is 11.5. The van der Waals surface area contributed by atoms with Crippen molar-refractivity contribution in [2.24, 2.45) is 10.1 Å². The Morgan fingerprint density at radius 2 is 1.96 bits per heavy atom. The second kappa shape index (κ2) is 9.16. The number of guanidine groups is 1. The summed E-state index contributed by atoms with van der Waals surface area (Å²) in [5, 5.41) is 11.3. The summed E-state index contributed by atoms with van der Waals surface area (Å²) in [5.74, 6) is 0.626. The Balaban J connectivity index is 2.79. The van der Waals surface area contributed by atoms with Crippen molar-refractivity contribution < 1.29 is 16.8 Å². The zero-order valence-electron chi connectivity index (χ0n) is 14.7. The zero-order chi connectivity index (χ0) is 19.1. The largest absolute Gasteiger partial charge is 0.357 e. The number of aliphatic imine (C=N–C) groups is 1. The van der Waals surface area contributed by atoms with Gasteiger partial charge in [-0.3, -0.25) is 0 Å². The molecule has 1 aromatic carbocycles. The van der Waals surface area contributed by atoms with Crippen LogP contribution in [-0.2, 0) is 26.4 Å². The number of nitrogens with one attached hydrogen (secondary N) is 2. The Bertz CT molecular complexity index is 805. The number of hydrogen-bond acceptors (Lipinski definition) is 5. The fourth-order valence-corrected chi connectivity index (χ4v) is 3.37. The Labute approximate surface area is 149 Å². The van der Waals surface area contributed by atoms with Crippen molar-refractivity contribution in [3.63, 3.8) is 0 Å². The summed E-state index contributed by atoms with van der Waals surface area (Å²) < 4.78 is 45.3. The van der Waals surface area contributed by atoms with E-state index in [1.807, 2.05) is 13.8 Å². The number of primary sulfonamides is 1. The molecule has 0 spiro atoms. The lowest BCUT2D eigenvalue weighted by Gasteiger charge is -2.17. The molecule has 4 N–H and O–H groups in total. The van der Waals surface area contributed by atoms with Crippen molar-refractivity contribution in [2.45, 2.75) is 37.8 Å². The smallest absolute Gasteiger partial charge is 0.238 e. The number of sulfone groups is 1. The van der Waals surface area contributed by atoms with E-state index in [1.165, 1.54) is 18.4 Å². The molecule has 0 bridgehead atoms. The number of benzene rings is 1. The lowest BCUT2D eigenvalue weighted by atomic mass is 10.2. The highest BCUT2D eigenvalue weighted by atomic mass is 32.2. The van der Waals surface area contributed by atoms with Gasteiger partial charge < -0.3 is 10.6 Å². The van der Waals surface area contributed by atoms with E-state index in [2.05, 4.69) is 15.6 Å². The molecular formula is C15H26N4O4S2. The van der Waals surface area contributed by atoms with E-state index in [0.29, 0.717) is 24.5 Å². The van der Waals surface area contributed by atoms with Crippen molar-refractivity contribution in [3.8, 4) is 0 Å². The van der Waals surface area contributed by atoms with Crippen molar-refractivity contribution >= 4 is 25.8 Å². The first-order chi connectivity index (χ1) is 11.5. The SMILES string of the molecule is CCNC(=NCc1cccc(S(N)(=O)=O)c1)NC(C)CCS(C)(=O)=O. The molecule has 0 aliphatic rings. The van der Waals surface area contributed by atoms with E-state index >= 15 is 0 Å². The molecule has 0 aliphatic heterocycles. The second-order valence-electron chi connectivity index (χ2n) is 5.85. The van der Waals surface area contributed by atoms with E-state index < -0.39 is 19.9 Å². The summed E-state index contributed by atoms with van der Waals surface area (Å²) in [7, 11) is -6.76. The van der Waals surface area contributed by atoms with Gasteiger partial charge in [-0.25, -0.2) is 27.0 Å². The van der Waals surface area contributed by atoms with Crippen LogP contribution in [0, 0.1) is 0 Å². The van der Waals surface area contributed by atoms with Crippen LogP contribution < -0.4 is 15.8 Å². The summed E-state index contributed by atoms with van der Waals surface area (Å²) in [4.78, 5) is 4.44. The number of sulfonamides is 1. The number of hydrogen-bond donors (Lipinski definition) is 3. The maximum Gasteiger partial charge on any atom is 0.238 e. The minimum atomic E-state index is -3.75. The highest BCUT2D eigenvalue weighted by molar-refractivity contribution is 7.90. The predicted octanol–water partition coefficient (Wildman–Crippen LogP) is 0.212. The molecule has 0 aromatic heterocycles. The van der Waals surface area contributed by atoms with Crippen LogP contribution in [0.25, 0.3) is 0 Å². The molecule has 8 nitrogen and oxygen atoms in total. The summed E-state index contributed by atoms with van der Waals surface area (Å²) in [6.45, 7) is 4.69. The predicted molar refractivity (Wildman–Crippen MR) is 99.6 cm³/mol. The second-order valence-corrected chi connectivity index (χ2v) is 9.67. The van der Waals surface area contributed by atoms with Gasteiger partial charge in [0.2, 0.25) is 10.0 Å². The molecule has 0 heterocycles. The average molecular weight is 391 g/mol. The van der Waals surface area contributed by atoms with Crippen LogP contribution in [0.15, 0.2) is 34.2 Å². The van der Waals surface area contributed by atoms with Crippen molar-refractivity contribution in [2.75, 3.05) is 18.6 Å². The molecule has 0 saturated heterocycles. The molecule has 0 saturated carbocycles. The minimum Gasteiger partial charge on any atom is -0.357 e. The monoisotopic (exact) mass is 390 g/mol. The van der Waals surface area contributed by atoms with Crippen LogP contribution in [0.3, 0.4) is 0 Å². The van der Waals surface area contributed by atoms with Crippen molar-refractivity contribution in [1.29, 1.82) is 0 Å². The van der Waals surface area contributed by atoms with Crippen molar-refractivity contribution in [3.05, 3.63) is 29.8 Å². The topological polar surface area (TPSA) is 131 Å². The van der Waals surface area contributed by atoms with Gasteiger partial charge in [-0.2, -0.15) is 0 Å². The maximum absolute atomic E-state index is 11.4. The summed E-state index contributed by atoms with van der Waals surface area (Å²) >= 11 is 0. The molecule has 0 amide bonds. The van der Waals surface area contributed by atoms with Gasteiger partial charge in [-0.05, 0) is 38.0 Å². The van der Waals surface area contributed by atoms with Gasteiger partial charge in [-0.15, -0.1) is 0 Å². The van der Waals surface area contributed by atoms with E-state index in [1.54, 1.807) is 12.1 Å². The van der Waals surface area contributed by atoms with Crippen LogP contribution >= 0.6 is 0 Å². The Morgan fingerprint density at radius 1 is 1.28 bits per heavy atom. The van der Waals surface area contributed by atoms with Gasteiger partial charge >= 0.3 is 0 Å². The number of nitrogens with zero attached hydrogens (tertiary/aromatic N) is 1. The molecule has 0 radical (unpaired) electrons. The highest BCUT2D eigenvalue weighted by Crippen LogP contribution is 2.10. The quantitative estimate of drug-likeness (QED) is 0.430. The highest BCUT2D eigenvalue weighted by Gasteiger charge is 2.10. The maximum atomic E-state index is 11.4. The summed E-state index contributed by atoms with van der Waals surface area (Å²) in [6.07, 6.45) is 1.67. The van der Waals surface area contributed by atoms with E-state index in [4.69, 9.17) is 5.14 Å². The van der Waals surface area contributed by atoms with Crippen LogP contribution in [-0.4, -0.2) is 47.4 Å². The van der Waals surface area contributed by atoms with Crippen LogP contribution in [0.5, 0.6) is 0 Å². The normalized spacial score (nSPS) is 14.2. The molecule has 0 fully saturated rings. The lowest BCUT2D eigenvalue weighted by Crippen LogP contribution is -2.42. The molecule has 10 heteroatoms. The molecule has 1 unspecified atom stereocenters. The fraction of sp³-hybridized carbons (Fsp3) is 0.533. The Hall–Kier alpha value is -1.65.